The van der Waals surface area contributed by atoms with E-state index >= 15 is 0 Å². The number of amides is 2. The molecule has 0 spiro atoms. The molecule has 0 radical (unpaired) electrons. The molecular formula is C38H49F4N7O5. The number of alkyl halides is 3. The minimum atomic E-state index is -4.64. The second-order valence-corrected chi connectivity index (χ2v) is 15.5. The summed E-state index contributed by atoms with van der Waals surface area (Å²) in [6.07, 6.45) is 2.19. The molecule has 6 rings (SSSR count). The SMILES string of the molecule is CC(C)N(CC(F)(F)F)C(=O)c1cc(F)ccc1Oc1cncnc1N1CCC(OC2=CCNC3=C2CN(CC2CN(C(=O)OC(C)(C)C)C2)CC3)CC1. The third-order valence-corrected chi connectivity index (χ3v) is 9.77. The lowest BCUT2D eigenvalue weighted by molar-refractivity contribution is -0.143. The number of halogens is 4. The Labute approximate surface area is 313 Å². The summed E-state index contributed by atoms with van der Waals surface area (Å²) in [5.74, 6) is 0.0175. The van der Waals surface area contributed by atoms with Gasteiger partial charge in [0.1, 0.15) is 41.9 Å². The van der Waals surface area contributed by atoms with Crippen molar-refractivity contribution in [2.24, 2.45) is 5.92 Å². The van der Waals surface area contributed by atoms with Crippen LogP contribution >= 0.6 is 0 Å². The summed E-state index contributed by atoms with van der Waals surface area (Å²) in [6, 6.07) is 2.38. The van der Waals surface area contributed by atoms with E-state index in [0.29, 0.717) is 62.2 Å². The quantitative estimate of drug-likeness (QED) is 0.285. The van der Waals surface area contributed by atoms with E-state index in [2.05, 4.69) is 26.3 Å². The normalized spacial score (nSPS) is 18.8. The van der Waals surface area contributed by atoms with Gasteiger partial charge in [0.05, 0.1) is 11.8 Å². The molecule has 4 aliphatic rings. The lowest BCUT2D eigenvalue weighted by Crippen LogP contribution is -2.55. The van der Waals surface area contributed by atoms with Crippen LogP contribution in [0.5, 0.6) is 11.5 Å². The Balaban J connectivity index is 1.06. The molecule has 1 aromatic carbocycles. The van der Waals surface area contributed by atoms with Crippen LogP contribution in [0, 0.1) is 11.7 Å². The standard InChI is InChI=1S/C38H49F4N7O5/c1-24(2)49(22-38(40,41)42)35(50)28-16-26(39)6-7-31(28)53-33-17-43-23-45-34(33)47-14-9-27(10-15-47)52-32-8-12-44-30-11-13-46(21-29(30)32)18-25-19-48(20-25)36(51)54-37(3,4)5/h6-8,16-17,23-25,27,44H,9-15,18-22H2,1-5H3. The molecule has 0 atom stereocenters. The second-order valence-electron chi connectivity index (χ2n) is 15.5. The zero-order chi connectivity index (χ0) is 38.8. The van der Waals surface area contributed by atoms with Crippen molar-refractivity contribution in [1.82, 2.24) is 30.0 Å². The summed E-state index contributed by atoms with van der Waals surface area (Å²) in [5, 5.41) is 3.52. The maximum Gasteiger partial charge on any atom is 0.410 e. The summed E-state index contributed by atoms with van der Waals surface area (Å²) >= 11 is 0. The Kier molecular flexibility index (Phi) is 11.6. The van der Waals surface area contributed by atoms with Gasteiger partial charge in [-0.3, -0.25) is 9.69 Å². The number of carbonyl (C=O) groups excluding carboxylic acids is 2. The zero-order valence-corrected chi connectivity index (χ0v) is 31.4. The Hall–Kier alpha value is -4.60. The summed E-state index contributed by atoms with van der Waals surface area (Å²) in [4.78, 5) is 41.1. The number of anilines is 1. The third-order valence-electron chi connectivity index (χ3n) is 9.77. The smallest absolute Gasteiger partial charge is 0.410 e. The van der Waals surface area contributed by atoms with Crippen molar-refractivity contribution in [3.05, 3.63) is 65.2 Å². The van der Waals surface area contributed by atoms with Crippen LogP contribution in [0.1, 0.15) is 64.2 Å². The van der Waals surface area contributed by atoms with E-state index in [-0.39, 0.29) is 29.3 Å². The molecule has 5 heterocycles. The lowest BCUT2D eigenvalue weighted by atomic mass is 9.96. The van der Waals surface area contributed by atoms with E-state index < -0.39 is 36.1 Å². The third kappa shape index (κ3) is 9.73. The molecule has 4 aliphatic heterocycles. The van der Waals surface area contributed by atoms with Gasteiger partial charge < -0.3 is 34.2 Å². The van der Waals surface area contributed by atoms with Crippen LogP contribution in [0.3, 0.4) is 0 Å². The molecule has 16 heteroatoms. The van der Waals surface area contributed by atoms with E-state index in [4.69, 9.17) is 14.2 Å². The Morgan fingerprint density at radius 3 is 2.50 bits per heavy atom. The van der Waals surface area contributed by atoms with Crippen LogP contribution in [-0.4, -0.2) is 119 Å². The number of hydrogen-bond donors (Lipinski definition) is 1. The fourth-order valence-corrected chi connectivity index (χ4v) is 7.13. The van der Waals surface area contributed by atoms with Crippen LogP contribution in [0.4, 0.5) is 28.2 Å². The van der Waals surface area contributed by atoms with E-state index in [9.17, 15) is 27.2 Å². The first-order chi connectivity index (χ1) is 25.5. The molecule has 0 aliphatic carbocycles. The molecule has 0 saturated carbocycles. The highest BCUT2D eigenvalue weighted by Crippen LogP contribution is 2.36. The van der Waals surface area contributed by atoms with Gasteiger partial charge in [-0.15, -0.1) is 0 Å². The molecule has 54 heavy (non-hydrogen) atoms. The Morgan fingerprint density at radius 2 is 1.81 bits per heavy atom. The van der Waals surface area contributed by atoms with E-state index in [1.807, 2.05) is 25.7 Å². The maximum atomic E-state index is 14.4. The highest BCUT2D eigenvalue weighted by molar-refractivity contribution is 5.97. The number of nitrogens with one attached hydrogen (secondary N) is 1. The van der Waals surface area contributed by atoms with Gasteiger partial charge in [-0.2, -0.15) is 13.2 Å². The number of ether oxygens (including phenoxy) is 3. The van der Waals surface area contributed by atoms with Crippen LogP contribution in [0.15, 0.2) is 53.8 Å². The van der Waals surface area contributed by atoms with Gasteiger partial charge in [0.2, 0.25) is 0 Å². The van der Waals surface area contributed by atoms with Gasteiger partial charge >= 0.3 is 12.3 Å². The number of aromatic nitrogens is 2. The molecule has 2 saturated heterocycles. The number of carbonyl (C=O) groups is 2. The fourth-order valence-electron chi connectivity index (χ4n) is 7.13. The predicted octanol–water partition coefficient (Wildman–Crippen LogP) is 6.12. The number of nitrogens with zero attached hydrogens (tertiary/aromatic N) is 6. The van der Waals surface area contributed by atoms with E-state index in [1.165, 1.54) is 43.7 Å². The van der Waals surface area contributed by atoms with Crippen molar-refractivity contribution < 1.29 is 41.4 Å². The molecule has 0 unspecified atom stereocenters. The average molecular weight is 760 g/mol. The van der Waals surface area contributed by atoms with Crippen molar-refractivity contribution in [3.8, 4) is 11.5 Å². The summed E-state index contributed by atoms with van der Waals surface area (Å²) in [5.41, 5.74) is 1.53. The van der Waals surface area contributed by atoms with Gasteiger partial charge in [0.15, 0.2) is 11.6 Å². The molecular weight excluding hydrogens is 710 g/mol. The molecule has 2 fully saturated rings. The minimum Gasteiger partial charge on any atom is -0.490 e. The predicted molar refractivity (Wildman–Crippen MR) is 193 cm³/mol. The molecule has 0 bridgehead atoms. The van der Waals surface area contributed by atoms with E-state index in [0.717, 1.165) is 43.9 Å². The van der Waals surface area contributed by atoms with E-state index in [1.54, 1.807) is 4.90 Å². The average Bonchev–Trinajstić information content (AvgIpc) is 3.08. The molecule has 2 aromatic rings. The Morgan fingerprint density at radius 1 is 1.07 bits per heavy atom. The highest BCUT2D eigenvalue weighted by Gasteiger charge is 2.38. The topological polar surface area (TPSA) is 113 Å². The molecule has 1 aromatic heterocycles. The van der Waals surface area contributed by atoms with Gasteiger partial charge in [-0.05, 0) is 58.9 Å². The fraction of sp³-hybridized carbons (Fsp3) is 0.579. The van der Waals surface area contributed by atoms with Crippen molar-refractivity contribution in [3.63, 3.8) is 0 Å². The van der Waals surface area contributed by atoms with Gasteiger partial charge in [-0.25, -0.2) is 19.2 Å². The van der Waals surface area contributed by atoms with Gasteiger partial charge in [-0.1, -0.05) is 0 Å². The monoisotopic (exact) mass is 759 g/mol. The number of piperidine rings is 1. The van der Waals surface area contributed by atoms with Crippen LogP contribution in [-0.2, 0) is 9.47 Å². The molecule has 2 amide bonds. The van der Waals surface area contributed by atoms with Crippen LogP contribution in [0.25, 0.3) is 0 Å². The molecule has 1 N–H and O–H groups in total. The first kappa shape index (κ1) is 39.1. The summed E-state index contributed by atoms with van der Waals surface area (Å²) in [6.45, 7) is 12.8. The largest absolute Gasteiger partial charge is 0.490 e. The summed E-state index contributed by atoms with van der Waals surface area (Å²) in [7, 11) is 0. The maximum absolute atomic E-state index is 14.4. The van der Waals surface area contributed by atoms with Crippen LogP contribution < -0.4 is 15.0 Å². The number of likely N-dealkylation sites (tertiary alicyclic amines) is 1. The second kappa shape index (κ2) is 16.0. The number of hydrogen-bond acceptors (Lipinski definition) is 10. The van der Waals surface area contributed by atoms with Crippen molar-refractivity contribution in [2.75, 3.05) is 63.8 Å². The van der Waals surface area contributed by atoms with Crippen LogP contribution in [0.2, 0.25) is 0 Å². The summed E-state index contributed by atoms with van der Waals surface area (Å²) < 4.78 is 72.6. The molecule has 294 valence electrons. The van der Waals surface area contributed by atoms with Gasteiger partial charge in [0, 0.05) is 94.9 Å². The van der Waals surface area contributed by atoms with Crippen molar-refractivity contribution in [1.29, 1.82) is 0 Å². The number of dihydropyridines is 1. The first-order valence-electron chi connectivity index (χ1n) is 18.5. The van der Waals surface area contributed by atoms with Gasteiger partial charge in [0.25, 0.3) is 5.91 Å². The Bertz CT molecular complexity index is 1750. The molecule has 12 nitrogen and oxygen atoms in total. The highest BCUT2D eigenvalue weighted by atomic mass is 19.4. The lowest BCUT2D eigenvalue weighted by Gasteiger charge is -2.43. The first-order valence-corrected chi connectivity index (χ1v) is 18.5. The zero-order valence-electron chi connectivity index (χ0n) is 31.4. The number of benzene rings is 1. The van der Waals surface area contributed by atoms with Crippen molar-refractivity contribution in [2.45, 2.75) is 77.8 Å². The minimum absolute atomic E-state index is 0.0491. The van der Waals surface area contributed by atoms with Crippen molar-refractivity contribution >= 4 is 17.8 Å². The number of rotatable bonds is 10.